The molecule has 11 heteroatoms. The second-order valence-corrected chi connectivity index (χ2v) is 10.00. The average molecular weight is 641 g/mol. The van der Waals surface area contributed by atoms with Crippen LogP contribution in [0, 0.1) is 0 Å². The molecule has 0 saturated heterocycles. The number of aliphatic carboxylic acids is 1. The standard InChI is InChI=1S/C27H19Br2N3O6/c1-14(27(34)35)37-23-12-19(29)16(11-22(23)36-2)13-30-32-25(31-20-6-4-3-5-18(20)26(32)33)24-10-15-9-17(28)7-8-21(15)38-24/h3-14H,1-2H3,(H,34,35)/t14-/m1/s1. The van der Waals surface area contributed by atoms with Gasteiger partial charge in [0.1, 0.15) is 5.58 Å². The summed E-state index contributed by atoms with van der Waals surface area (Å²) in [4.78, 5) is 29.4. The van der Waals surface area contributed by atoms with E-state index in [4.69, 9.17) is 13.9 Å². The van der Waals surface area contributed by atoms with Crippen molar-refractivity contribution in [2.24, 2.45) is 5.10 Å². The number of hydrogen-bond donors (Lipinski definition) is 1. The lowest BCUT2D eigenvalue weighted by Crippen LogP contribution is -2.23. The quantitative estimate of drug-likeness (QED) is 0.214. The third-order valence-electron chi connectivity index (χ3n) is 5.70. The first-order chi connectivity index (χ1) is 18.2. The molecule has 0 saturated carbocycles. The third-order valence-corrected chi connectivity index (χ3v) is 6.88. The SMILES string of the molecule is COc1cc(C=Nn2c(-c3cc4cc(Br)ccc4o3)nc3ccccc3c2=O)c(Br)cc1O[C@H](C)C(=O)O. The Hall–Kier alpha value is -3.96. The van der Waals surface area contributed by atoms with Crippen LogP contribution in [0.1, 0.15) is 12.5 Å². The summed E-state index contributed by atoms with van der Waals surface area (Å²) in [6.07, 6.45) is 0.391. The van der Waals surface area contributed by atoms with E-state index in [0.29, 0.717) is 38.0 Å². The first-order valence-corrected chi connectivity index (χ1v) is 12.9. The monoisotopic (exact) mass is 639 g/mol. The van der Waals surface area contributed by atoms with E-state index in [1.165, 1.54) is 24.9 Å². The molecule has 2 aromatic heterocycles. The lowest BCUT2D eigenvalue weighted by Gasteiger charge is -2.15. The molecule has 5 aromatic rings. The Balaban J connectivity index is 1.64. The van der Waals surface area contributed by atoms with E-state index in [2.05, 4.69) is 41.9 Å². The van der Waals surface area contributed by atoms with Crippen LogP contribution >= 0.6 is 31.9 Å². The number of benzene rings is 3. The summed E-state index contributed by atoms with van der Waals surface area (Å²) in [5.74, 6) is 0.0409. The molecule has 192 valence electrons. The zero-order valence-corrected chi connectivity index (χ0v) is 23.2. The van der Waals surface area contributed by atoms with Gasteiger partial charge in [-0.2, -0.15) is 9.78 Å². The van der Waals surface area contributed by atoms with Gasteiger partial charge in [0.05, 0.1) is 24.2 Å². The number of methoxy groups -OCH3 is 1. The fourth-order valence-corrected chi connectivity index (χ4v) is 4.58. The summed E-state index contributed by atoms with van der Waals surface area (Å²) in [5, 5.41) is 14.9. The van der Waals surface area contributed by atoms with Gasteiger partial charge >= 0.3 is 5.97 Å². The van der Waals surface area contributed by atoms with Crippen molar-refractivity contribution in [3.63, 3.8) is 0 Å². The number of carbonyl (C=O) groups is 1. The largest absolute Gasteiger partial charge is 0.493 e. The lowest BCUT2D eigenvalue weighted by atomic mass is 10.2. The molecule has 2 heterocycles. The minimum absolute atomic E-state index is 0.232. The molecule has 0 bridgehead atoms. The van der Waals surface area contributed by atoms with Gasteiger partial charge < -0.3 is 19.0 Å². The van der Waals surface area contributed by atoms with Crippen LogP contribution in [0.15, 0.2) is 83.9 Å². The van der Waals surface area contributed by atoms with Crippen molar-refractivity contribution in [2.45, 2.75) is 13.0 Å². The Morgan fingerprint density at radius 2 is 1.92 bits per heavy atom. The molecule has 0 aliphatic heterocycles. The van der Waals surface area contributed by atoms with E-state index < -0.39 is 12.1 Å². The maximum absolute atomic E-state index is 13.5. The summed E-state index contributed by atoms with van der Waals surface area (Å²) in [5.41, 5.74) is 1.33. The maximum Gasteiger partial charge on any atom is 0.344 e. The molecule has 0 spiro atoms. The third kappa shape index (κ3) is 4.94. The van der Waals surface area contributed by atoms with E-state index >= 15 is 0 Å². The highest BCUT2D eigenvalue weighted by Gasteiger charge is 2.19. The Morgan fingerprint density at radius 3 is 2.68 bits per heavy atom. The highest BCUT2D eigenvalue weighted by Crippen LogP contribution is 2.34. The van der Waals surface area contributed by atoms with Crippen molar-refractivity contribution in [3.05, 3.63) is 85.5 Å². The predicted octanol–water partition coefficient (Wildman–Crippen LogP) is 6.08. The number of nitrogens with zero attached hydrogens (tertiary/aromatic N) is 3. The normalized spacial score (nSPS) is 12.3. The highest BCUT2D eigenvalue weighted by atomic mass is 79.9. The zero-order valence-electron chi connectivity index (χ0n) is 20.0. The molecule has 0 aliphatic rings. The molecule has 0 amide bonds. The minimum atomic E-state index is -1.11. The second-order valence-electron chi connectivity index (χ2n) is 8.23. The van der Waals surface area contributed by atoms with Crippen LogP contribution in [0.2, 0.25) is 0 Å². The summed E-state index contributed by atoms with van der Waals surface area (Å²) >= 11 is 6.92. The molecule has 1 atom stereocenters. The molecule has 0 radical (unpaired) electrons. The highest BCUT2D eigenvalue weighted by molar-refractivity contribution is 9.10. The molecule has 0 unspecified atom stereocenters. The summed E-state index contributed by atoms with van der Waals surface area (Å²) < 4.78 is 19.5. The molecular weight excluding hydrogens is 622 g/mol. The van der Waals surface area contributed by atoms with Crippen LogP contribution in [0.25, 0.3) is 33.5 Å². The molecule has 1 N–H and O–H groups in total. The van der Waals surface area contributed by atoms with E-state index in [0.717, 1.165) is 9.86 Å². The van der Waals surface area contributed by atoms with Crippen molar-refractivity contribution in [3.8, 4) is 23.1 Å². The van der Waals surface area contributed by atoms with Gasteiger partial charge in [-0.1, -0.05) is 28.1 Å². The molecule has 38 heavy (non-hydrogen) atoms. The van der Waals surface area contributed by atoms with Crippen molar-refractivity contribution in [2.75, 3.05) is 7.11 Å². The first kappa shape index (κ1) is 25.7. The number of furan rings is 1. The van der Waals surface area contributed by atoms with Gasteiger partial charge in [-0.25, -0.2) is 9.78 Å². The molecule has 5 rings (SSSR count). The Kier molecular flexibility index (Phi) is 7.04. The predicted molar refractivity (Wildman–Crippen MR) is 150 cm³/mol. The van der Waals surface area contributed by atoms with Gasteiger partial charge in [-0.15, -0.1) is 0 Å². The van der Waals surface area contributed by atoms with Crippen molar-refractivity contribution in [1.29, 1.82) is 0 Å². The topological polar surface area (TPSA) is 116 Å². The van der Waals surface area contributed by atoms with Crippen molar-refractivity contribution >= 4 is 65.9 Å². The summed E-state index contributed by atoms with van der Waals surface area (Å²) in [6, 6.07) is 17.6. The number of para-hydroxylation sites is 1. The summed E-state index contributed by atoms with van der Waals surface area (Å²) in [6.45, 7) is 1.42. The number of fused-ring (bicyclic) bond motifs is 2. The van der Waals surface area contributed by atoms with Crippen molar-refractivity contribution < 1.29 is 23.8 Å². The Morgan fingerprint density at radius 1 is 1.13 bits per heavy atom. The van der Waals surface area contributed by atoms with Crippen LogP contribution in [0.4, 0.5) is 0 Å². The van der Waals surface area contributed by atoms with Crippen LogP contribution in [-0.2, 0) is 4.79 Å². The number of aromatic nitrogens is 2. The first-order valence-electron chi connectivity index (χ1n) is 11.3. The number of halogens is 2. The lowest BCUT2D eigenvalue weighted by molar-refractivity contribution is -0.144. The van der Waals surface area contributed by atoms with Gasteiger partial charge in [-0.05, 0) is 71.4 Å². The fraction of sp³-hybridized carbons (Fsp3) is 0.111. The second kappa shape index (κ2) is 10.4. The minimum Gasteiger partial charge on any atom is -0.493 e. The van der Waals surface area contributed by atoms with E-state index in [1.807, 2.05) is 18.2 Å². The summed E-state index contributed by atoms with van der Waals surface area (Å²) in [7, 11) is 1.44. The number of carboxylic acids is 1. The molecular formula is C27H19Br2N3O6. The maximum atomic E-state index is 13.5. The van der Waals surface area contributed by atoms with Crippen LogP contribution in [0.5, 0.6) is 11.5 Å². The molecule has 3 aromatic carbocycles. The fourth-order valence-electron chi connectivity index (χ4n) is 3.78. The molecule has 0 aliphatic carbocycles. The molecule has 0 fully saturated rings. The van der Waals surface area contributed by atoms with Crippen LogP contribution in [0.3, 0.4) is 0 Å². The van der Waals surface area contributed by atoms with Gasteiger partial charge in [-0.3, -0.25) is 4.79 Å². The number of hydrogen-bond acceptors (Lipinski definition) is 7. The Bertz CT molecular complexity index is 1790. The van der Waals surface area contributed by atoms with Crippen molar-refractivity contribution in [1.82, 2.24) is 9.66 Å². The number of rotatable bonds is 7. The van der Waals surface area contributed by atoms with E-state index in [9.17, 15) is 14.7 Å². The van der Waals surface area contributed by atoms with Gasteiger partial charge in [0, 0.05) is 19.9 Å². The smallest absolute Gasteiger partial charge is 0.344 e. The molecule has 9 nitrogen and oxygen atoms in total. The number of ether oxygens (including phenoxy) is 2. The van der Waals surface area contributed by atoms with Crippen LogP contribution in [-0.4, -0.2) is 40.2 Å². The van der Waals surface area contributed by atoms with E-state index in [1.54, 1.807) is 42.5 Å². The van der Waals surface area contributed by atoms with Crippen LogP contribution < -0.4 is 15.0 Å². The van der Waals surface area contributed by atoms with Gasteiger partial charge in [0.25, 0.3) is 5.56 Å². The van der Waals surface area contributed by atoms with E-state index in [-0.39, 0.29) is 17.1 Å². The number of carboxylic acid groups (broad SMARTS) is 1. The zero-order chi connectivity index (χ0) is 27.0. The Labute approximate surface area is 232 Å². The van der Waals surface area contributed by atoms with Gasteiger partial charge in [0.15, 0.2) is 23.4 Å². The average Bonchev–Trinajstić information content (AvgIpc) is 3.32. The van der Waals surface area contributed by atoms with Gasteiger partial charge in [0.2, 0.25) is 5.82 Å².